The lowest BCUT2D eigenvalue weighted by Crippen LogP contribution is -2.50. The van der Waals surface area contributed by atoms with E-state index in [0.29, 0.717) is 26.1 Å². The third kappa shape index (κ3) is 3.44. The fourth-order valence-corrected chi connectivity index (χ4v) is 2.06. The van der Waals surface area contributed by atoms with E-state index in [1.807, 2.05) is 13.8 Å². The molecule has 0 aromatic rings. The van der Waals surface area contributed by atoms with Gasteiger partial charge in [-0.15, -0.1) is 0 Å². The molecule has 106 valence electrons. The Bertz CT molecular complexity index is 381. The number of methoxy groups -OCH3 is 1. The lowest BCUT2D eigenvalue weighted by Gasteiger charge is -2.36. The van der Waals surface area contributed by atoms with Crippen molar-refractivity contribution in [1.29, 1.82) is 5.26 Å². The van der Waals surface area contributed by atoms with Gasteiger partial charge in [-0.05, 0) is 26.7 Å². The Labute approximate surface area is 113 Å². The van der Waals surface area contributed by atoms with E-state index in [2.05, 4.69) is 10.8 Å². The molecule has 0 radical (unpaired) electrons. The van der Waals surface area contributed by atoms with Gasteiger partial charge in [0.25, 0.3) is 0 Å². The van der Waals surface area contributed by atoms with Gasteiger partial charge in [0.2, 0.25) is 5.91 Å². The highest BCUT2D eigenvalue weighted by atomic mass is 16.5. The van der Waals surface area contributed by atoms with E-state index in [1.54, 1.807) is 0 Å². The Morgan fingerprint density at radius 2 is 2.00 bits per heavy atom. The molecule has 0 N–H and O–H groups in total. The second-order valence-corrected chi connectivity index (χ2v) is 4.91. The molecule has 0 spiro atoms. The van der Waals surface area contributed by atoms with Gasteiger partial charge in [-0.25, -0.2) is 0 Å². The second-order valence-electron chi connectivity index (χ2n) is 4.91. The first-order chi connectivity index (χ1) is 8.96. The maximum atomic E-state index is 12.6. The van der Waals surface area contributed by atoms with Crippen LogP contribution in [-0.2, 0) is 19.1 Å². The van der Waals surface area contributed by atoms with Crippen molar-refractivity contribution in [2.24, 2.45) is 5.41 Å². The molecule has 19 heavy (non-hydrogen) atoms. The Balaban J connectivity index is 2.91. The minimum atomic E-state index is -1.07. The van der Waals surface area contributed by atoms with Crippen molar-refractivity contribution in [1.82, 2.24) is 4.90 Å². The van der Waals surface area contributed by atoms with Crippen LogP contribution in [0.3, 0.4) is 0 Å². The second kappa shape index (κ2) is 6.53. The van der Waals surface area contributed by atoms with E-state index in [-0.39, 0.29) is 18.5 Å². The van der Waals surface area contributed by atoms with Crippen LogP contribution in [0, 0.1) is 16.7 Å². The minimum absolute atomic E-state index is 0.128. The molecular formula is C13H20N2O4. The van der Waals surface area contributed by atoms with Crippen LogP contribution in [0.4, 0.5) is 0 Å². The van der Waals surface area contributed by atoms with Gasteiger partial charge in [-0.2, -0.15) is 5.26 Å². The highest BCUT2D eigenvalue weighted by molar-refractivity contribution is 5.88. The predicted molar refractivity (Wildman–Crippen MR) is 67.0 cm³/mol. The van der Waals surface area contributed by atoms with E-state index in [4.69, 9.17) is 4.74 Å². The highest BCUT2D eigenvalue weighted by Crippen LogP contribution is 2.32. The zero-order valence-corrected chi connectivity index (χ0v) is 11.6. The topological polar surface area (TPSA) is 79.6 Å². The number of hydrogen-bond donors (Lipinski definition) is 0. The summed E-state index contributed by atoms with van der Waals surface area (Å²) in [6.45, 7) is 4.28. The molecule has 1 heterocycles. The normalized spacial score (nSPS) is 17.6. The van der Waals surface area contributed by atoms with Crippen molar-refractivity contribution < 1.29 is 19.1 Å². The van der Waals surface area contributed by atoms with E-state index in [0.717, 1.165) is 0 Å². The SMILES string of the molecule is COC(=O)CN(C(=O)C1(C#N)CCOCC1)C(C)C. The maximum Gasteiger partial charge on any atom is 0.325 e. The zero-order chi connectivity index (χ0) is 14.5. The third-order valence-electron chi connectivity index (χ3n) is 3.38. The summed E-state index contributed by atoms with van der Waals surface area (Å²) >= 11 is 0. The number of amides is 1. The number of nitriles is 1. The largest absolute Gasteiger partial charge is 0.468 e. The van der Waals surface area contributed by atoms with Crippen LogP contribution in [-0.4, -0.2) is 49.7 Å². The number of carbonyl (C=O) groups is 2. The molecule has 0 aromatic heterocycles. The van der Waals surface area contributed by atoms with Gasteiger partial charge in [-0.1, -0.05) is 0 Å². The molecule has 0 saturated carbocycles. The van der Waals surface area contributed by atoms with Gasteiger partial charge >= 0.3 is 5.97 Å². The average Bonchev–Trinajstić information content (AvgIpc) is 2.44. The Morgan fingerprint density at radius 3 is 2.42 bits per heavy atom. The van der Waals surface area contributed by atoms with Crippen molar-refractivity contribution in [3.8, 4) is 6.07 Å². The molecule has 6 heteroatoms. The first-order valence-corrected chi connectivity index (χ1v) is 6.33. The van der Waals surface area contributed by atoms with Crippen LogP contribution in [0.2, 0.25) is 0 Å². The average molecular weight is 268 g/mol. The smallest absolute Gasteiger partial charge is 0.325 e. The van der Waals surface area contributed by atoms with Crippen LogP contribution in [0.5, 0.6) is 0 Å². The molecule has 0 aliphatic carbocycles. The lowest BCUT2D eigenvalue weighted by molar-refractivity contribution is -0.153. The summed E-state index contributed by atoms with van der Waals surface area (Å²) in [6, 6.07) is 1.95. The van der Waals surface area contributed by atoms with Gasteiger partial charge < -0.3 is 14.4 Å². The van der Waals surface area contributed by atoms with Crippen LogP contribution in [0.1, 0.15) is 26.7 Å². The minimum Gasteiger partial charge on any atom is -0.468 e. The van der Waals surface area contributed by atoms with Crippen molar-refractivity contribution in [3.05, 3.63) is 0 Å². The highest BCUT2D eigenvalue weighted by Gasteiger charge is 2.44. The van der Waals surface area contributed by atoms with Crippen LogP contribution < -0.4 is 0 Å². The first-order valence-electron chi connectivity index (χ1n) is 6.33. The molecule has 0 unspecified atom stereocenters. The van der Waals surface area contributed by atoms with E-state index in [1.165, 1.54) is 12.0 Å². The van der Waals surface area contributed by atoms with Crippen molar-refractivity contribution >= 4 is 11.9 Å². The predicted octanol–water partition coefficient (Wildman–Crippen LogP) is 0.717. The standard InChI is InChI=1S/C13H20N2O4/c1-10(2)15(8-11(16)18-3)12(17)13(9-14)4-6-19-7-5-13/h10H,4-8H2,1-3H3. The number of esters is 1. The summed E-state index contributed by atoms with van der Waals surface area (Å²) in [5.74, 6) is -0.791. The molecule has 0 bridgehead atoms. The molecule has 1 rings (SSSR count). The van der Waals surface area contributed by atoms with Gasteiger partial charge in [0.15, 0.2) is 0 Å². The summed E-state index contributed by atoms with van der Waals surface area (Å²) < 4.78 is 9.80. The lowest BCUT2D eigenvalue weighted by atomic mass is 9.80. The Hall–Kier alpha value is -1.61. The summed E-state index contributed by atoms with van der Waals surface area (Å²) in [5, 5.41) is 9.36. The molecule has 1 amide bonds. The van der Waals surface area contributed by atoms with E-state index >= 15 is 0 Å². The quantitative estimate of drug-likeness (QED) is 0.702. The summed E-state index contributed by atoms with van der Waals surface area (Å²) in [6.07, 6.45) is 0.736. The van der Waals surface area contributed by atoms with Gasteiger partial charge in [-0.3, -0.25) is 9.59 Å². The van der Waals surface area contributed by atoms with Crippen molar-refractivity contribution in [2.45, 2.75) is 32.7 Å². The van der Waals surface area contributed by atoms with Gasteiger partial charge in [0.1, 0.15) is 12.0 Å². The summed E-state index contributed by atoms with van der Waals surface area (Å²) in [4.78, 5) is 25.4. The van der Waals surface area contributed by atoms with Crippen molar-refractivity contribution in [3.63, 3.8) is 0 Å². The van der Waals surface area contributed by atoms with Gasteiger partial charge in [0, 0.05) is 19.3 Å². The van der Waals surface area contributed by atoms with Crippen LogP contribution in [0.25, 0.3) is 0 Å². The Kier molecular flexibility index (Phi) is 5.31. The monoisotopic (exact) mass is 268 g/mol. The number of carbonyl (C=O) groups excluding carboxylic acids is 2. The first kappa shape index (κ1) is 15.4. The van der Waals surface area contributed by atoms with Gasteiger partial charge in [0.05, 0.1) is 13.2 Å². The molecule has 6 nitrogen and oxygen atoms in total. The van der Waals surface area contributed by atoms with Crippen LogP contribution in [0.15, 0.2) is 0 Å². The van der Waals surface area contributed by atoms with E-state index in [9.17, 15) is 14.9 Å². The third-order valence-corrected chi connectivity index (χ3v) is 3.38. The number of hydrogen-bond acceptors (Lipinski definition) is 5. The molecule has 1 aliphatic rings. The zero-order valence-electron chi connectivity index (χ0n) is 11.6. The Morgan fingerprint density at radius 1 is 1.42 bits per heavy atom. The van der Waals surface area contributed by atoms with E-state index < -0.39 is 11.4 Å². The maximum absolute atomic E-state index is 12.6. The summed E-state index contributed by atoms with van der Waals surface area (Å²) in [7, 11) is 1.28. The summed E-state index contributed by atoms with van der Waals surface area (Å²) in [5.41, 5.74) is -1.07. The molecule has 0 atom stereocenters. The molecule has 1 saturated heterocycles. The molecule has 0 aromatic carbocycles. The fourth-order valence-electron chi connectivity index (χ4n) is 2.06. The number of nitrogens with zero attached hydrogens (tertiary/aromatic N) is 2. The van der Waals surface area contributed by atoms with Crippen molar-refractivity contribution in [2.75, 3.05) is 26.9 Å². The fraction of sp³-hybridized carbons (Fsp3) is 0.769. The molecular weight excluding hydrogens is 248 g/mol. The number of rotatable bonds is 4. The van der Waals surface area contributed by atoms with Crippen LogP contribution >= 0.6 is 0 Å². The molecule has 1 fully saturated rings. The number of ether oxygens (including phenoxy) is 2. The molecule has 1 aliphatic heterocycles.